The highest BCUT2D eigenvalue weighted by Gasteiger charge is 2.27. The lowest BCUT2D eigenvalue weighted by Crippen LogP contribution is -2.42. The number of nitrogens with two attached hydrogens (primary N) is 1. The zero-order valence-electron chi connectivity index (χ0n) is 10.0. The van der Waals surface area contributed by atoms with E-state index in [4.69, 9.17) is 10.5 Å². The average Bonchev–Trinajstić information content (AvgIpc) is 2.91. The molecule has 1 aliphatic heterocycles. The molecule has 17 heavy (non-hydrogen) atoms. The van der Waals surface area contributed by atoms with Gasteiger partial charge in [0.1, 0.15) is 6.04 Å². The van der Waals surface area contributed by atoms with Crippen LogP contribution in [0.4, 0.5) is 0 Å². The minimum Gasteiger partial charge on any atom is -0.379 e. The molecule has 0 saturated carbocycles. The van der Waals surface area contributed by atoms with Crippen LogP contribution in [0.1, 0.15) is 18.0 Å². The van der Waals surface area contributed by atoms with E-state index in [1.165, 1.54) is 0 Å². The lowest BCUT2D eigenvalue weighted by molar-refractivity contribution is -0.133. The van der Waals surface area contributed by atoms with Crippen molar-refractivity contribution >= 4 is 5.91 Å². The second-order valence-electron chi connectivity index (χ2n) is 4.35. The van der Waals surface area contributed by atoms with Gasteiger partial charge in [0.25, 0.3) is 0 Å². The molecule has 1 amide bonds. The predicted octanol–water partition coefficient (Wildman–Crippen LogP) is 0.934. The van der Waals surface area contributed by atoms with Crippen LogP contribution in [0.3, 0.4) is 0 Å². The third kappa shape index (κ3) is 2.65. The van der Waals surface area contributed by atoms with Gasteiger partial charge in [0.15, 0.2) is 0 Å². The fourth-order valence-corrected chi connectivity index (χ4v) is 2.03. The van der Waals surface area contributed by atoms with E-state index < -0.39 is 6.04 Å². The van der Waals surface area contributed by atoms with Gasteiger partial charge in [-0.05, 0) is 12.0 Å². The Hall–Kier alpha value is -1.39. The highest BCUT2D eigenvalue weighted by Crippen LogP contribution is 2.17. The van der Waals surface area contributed by atoms with Crippen molar-refractivity contribution in [2.24, 2.45) is 5.73 Å². The van der Waals surface area contributed by atoms with Crippen LogP contribution < -0.4 is 5.73 Å². The fourth-order valence-electron chi connectivity index (χ4n) is 2.03. The second-order valence-corrected chi connectivity index (χ2v) is 4.35. The zero-order chi connectivity index (χ0) is 12.3. The molecule has 2 unspecified atom stereocenters. The van der Waals surface area contributed by atoms with Gasteiger partial charge in [0.2, 0.25) is 5.91 Å². The summed E-state index contributed by atoms with van der Waals surface area (Å²) in [4.78, 5) is 13.9. The van der Waals surface area contributed by atoms with E-state index in [-0.39, 0.29) is 11.9 Å². The number of hydrogen-bond acceptors (Lipinski definition) is 3. The maximum atomic E-state index is 12.2. The van der Waals surface area contributed by atoms with Gasteiger partial charge in [-0.3, -0.25) is 4.79 Å². The summed E-state index contributed by atoms with van der Waals surface area (Å²) in [5.74, 6) is -0.0494. The summed E-state index contributed by atoms with van der Waals surface area (Å²) < 4.78 is 5.28. The molecule has 1 heterocycles. The van der Waals surface area contributed by atoms with Crippen molar-refractivity contribution < 1.29 is 9.53 Å². The molecule has 0 bridgehead atoms. The van der Waals surface area contributed by atoms with Gasteiger partial charge < -0.3 is 15.4 Å². The molecule has 0 radical (unpaired) electrons. The first-order valence-electron chi connectivity index (χ1n) is 5.85. The molecule has 2 rings (SSSR count). The van der Waals surface area contributed by atoms with E-state index in [2.05, 4.69) is 0 Å². The maximum absolute atomic E-state index is 12.2. The molecule has 1 aliphatic rings. The van der Waals surface area contributed by atoms with Crippen molar-refractivity contribution in [2.75, 3.05) is 20.3 Å². The first-order chi connectivity index (χ1) is 8.20. The van der Waals surface area contributed by atoms with Crippen molar-refractivity contribution in [1.29, 1.82) is 0 Å². The van der Waals surface area contributed by atoms with Crippen LogP contribution in [0.15, 0.2) is 30.3 Å². The van der Waals surface area contributed by atoms with Gasteiger partial charge in [-0.25, -0.2) is 0 Å². The molecule has 1 aromatic carbocycles. The maximum Gasteiger partial charge on any atom is 0.244 e. The number of carbonyl (C=O) groups is 1. The van der Waals surface area contributed by atoms with Crippen LogP contribution in [-0.2, 0) is 9.53 Å². The summed E-state index contributed by atoms with van der Waals surface area (Å²) >= 11 is 0. The summed E-state index contributed by atoms with van der Waals surface area (Å²) in [5.41, 5.74) is 6.83. The molecule has 0 aromatic heterocycles. The number of hydrogen-bond donors (Lipinski definition) is 1. The number of benzene rings is 1. The van der Waals surface area contributed by atoms with Crippen LogP contribution in [0, 0.1) is 0 Å². The van der Waals surface area contributed by atoms with Gasteiger partial charge in [0, 0.05) is 13.7 Å². The number of rotatable bonds is 3. The summed E-state index contributed by atoms with van der Waals surface area (Å²) in [5, 5.41) is 0. The number of amides is 1. The van der Waals surface area contributed by atoms with E-state index in [0.29, 0.717) is 6.61 Å². The van der Waals surface area contributed by atoms with Crippen LogP contribution in [-0.4, -0.2) is 37.1 Å². The van der Waals surface area contributed by atoms with Gasteiger partial charge in [-0.1, -0.05) is 30.3 Å². The highest BCUT2D eigenvalue weighted by molar-refractivity contribution is 5.83. The van der Waals surface area contributed by atoms with Crippen molar-refractivity contribution in [3.63, 3.8) is 0 Å². The normalized spacial score (nSPS) is 21.2. The summed E-state index contributed by atoms with van der Waals surface area (Å²) in [6, 6.07) is 9.03. The minimum absolute atomic E-state index is 0.0494. The molecule has 0 spiro atoms. The smallest absolute Gasteiger partial charge is 0.244 e. The molecule has 1 aromatic rings. The van der Waals surface area contributed by atoms with Crippen molar-refractivity contribution in [1.82, 2.24) is 4.90 Å². The van der Waals surface area contributed by atoms with E-state index in [9.17, 15) is 4.79 Å². The third-order valence-corrected chi connectivity index (χ3v) is 3.23. The largest absolute Gasteiger partial charge is 0.379 e. The van der Waals surface area contributed by atoms with Crippen LogP contribution in [0.2, 0.25) is 0 Å². The van der Waals surface area contributed by atoms with E-state index in [1.807, 2.05) is 30.3 Å². The third-order valence-electron chi connectivity index (χ3n) is 3.23. The molecule has 2 N–H and O–H groups in total. The number of likely N-dealkylation sites (N-methyl/N-ethyl adjacent to an activating group) is 1. The van der Waals surface area contributed by atoms with E-state index in [1.54, 1.807) is 11.9 Å². The lowest BCUT2D eigenvalue weighted by Gasteiger charge is -2.26. The molecule has 92 valence electrons. The van der Waals surface area contributed by atoms with E-state index >= 15 is 0 Å². The van der Waals surface area contributed by atoms with Crippen molar-refractivity contribution in [3.05, 3.63) is 35.9 Å². The summed E-state index contributed by atoms with van der Waals surface area (Å²) in [7, 11) is 1.80. The predicted molar refractivity (Wildman–Crippen MR) is 65.4 cm³/mol. The molecular formula is C13H18N2O2. The molecule has 2 atom stereocenters. The van der Waals surface area contributed by atoms with Crippen molar-refractivity contribution in [3.8, 4) is 0 Å². The Morgan fingerprint density at radius 1 is 1.47 bits per heavy atom. The number of nitrogens with zero attached hydrogens (tertiary/aromatic N) is 1. The first kappa shape index (κ1) is 12.1. The Balaban J connectivity index is 2.04. The molecule has 0 aliphatic carbocycles. The topological polar surface area (TPSA) is 55.6 Å². The standard InChI is InChI=1S/C13H18N2O2/c1-15(11-7-8-17-9-11)13(16)12(14)10-5-3-2-4-6-10/h2-6,11-12H,7-9,14H2,1H3. The Labute approximate surface area is 101 Å². The Kier molecular flexibility index (Phi) is 3.76. The lowest BCUT2D eigenvalue weighted by atomic mass is 10.1. The molecular weight excluding hydrogens is 216 g/mol. The molecule has 4 nitrogen and oxygen atoms in total. The summed E-state index contributed by atoms with van der Waals surface area (Å²) in [6.45, 7) is 1.34. The average molecular weight is 234 g/mol. The second kappa shape index (κ2) is 5.29. The fraction of sp³-hybridized carbons (Fsp3) is 0.462. The highest BCUT2D eigenvalue weighted by atomic mass is 16.5. The SMILES string of the molecule is CN(C(=O)C(N)c1ccccc1)C1CCOC1. The Morgan fingerprint density at radius 2 is 2.18 bits per heavy atom. The van der Waals surface area contributed by atoms with Crippen LogP contribution in [0.5, 0.6) is 0 Å². The Bertz CT molecular complexity index is 374. The van der Waals surface area contributed by atoms with Crippen LogP contribution >= 0.6 is 0 Å². The van der Waals surface area contributed by atoms with Gasteiger partial charge in [-0.2, -0.15) is 0 Å². The molecule has 4 heteroatoms. The van der Waals surface area contributed by atoms with Crippen molar-refractivity contribution in [2.45, 2.75) is 18.5 Å². The summed E-state index contributed by atoms with van der Waals surface area (Å²) in [6.07, 6.45) is 0.893. The quantitative estimate of drug-likeness (QED) is 0.846. The van der Waals surface area contributed by atoms with Crippen LogP contribution in [0.25, 0.3) is 0 Å². The van der Waals surface area contributed by atoms with Gasteiger partial charge in [-0.15, -0.1) is 0 Å². The monoisotopic (exact) mass is 234 g/mol. The molecule has 1 saturated heterocycles. The number of ether oxygens (including phenoxy) is 1. The zero-order valence-corrected chi connectivity index (χ0v) is 10.0. The Morgan fingerprint density at radius 3 is 2.76 bits per heavy atom. The molecule has 1 fully saturated rings. The van der Waals surface area contributed by atoms with E-state index in [0.717, 1.165) is 18.6 Å². The first-order valence-corrected chi connectivity index (χ1v) is 5.85. The van der Waals surface area contributed by atoms with Gasteiger partial charge >= 0.3 is 0 Å². The minimum atomic E-state index is -0.582. The number of carbonyl (C=O) groups excluding carboxylic acids is 1. The van der Waals surface area contributed by atoms with Gasteiger partial charge in [0.05, 0.1) is 12.6 Å².